The predicted octanol–water partition coefficient (Wildman–Crippen LogP) is 2.08. The minimum absolute atomic E-state index is 0.0475. The van der Waals surface area contributed by atoms with Crippen LogP contribution in [0, 0.1) is 0 Å². The Hall–Kier alpha value is -2.55. The van der Waals surface area contributed by atoms with Crippen LogP contribution >= 0.6 is 0 Å². The second-order valence-corrected chi connectivity index (χ2v) is 5.33. The molecular formula is C16H18F3N3O3. The van der Waals surface area contributed by atoms with E-state index in [0.29, 0.717) is 17.5 Å². The van der Waals surface area contributed by atoms with Gasteiger partial charge in [-0.1, -0.05) is 12.1 Å². The van der Waals surface area contributed by atoms with E-state index < -0.39 is 23.3 Å². The highest BCUT2D eigenvalue weighted by molar-refractivity contribution is 5.94. The maximum Gasteiger partial charge on any atom is 0.420 e. The summed E-state index contributed by atoms with van der Waals surface area (Å²) in [6.07, 6.45) is -4.07. The SMILES string of the molecule is COc1ccc(CN(CCO)C(=O)c2c(C(F)(F)F)cnn2C)cc1. The summed E-state index contributed by atoms with van der Waals surface area (Å²) in [5.74, 6) is -0.230. The molecule has 0 unspecified atom stereocenters. The van der Waals surface area contributed by atoms with E-state index in [0.717, 1.165) is 9.58 Å². The lowest BCUT2D eigenvalue weighted by Crippen LogP contribution is -2.35. The lowest BCUT2D eigenvalue weighted by atomic mass is 10.1. The fraction of sp³-hybridized carbons (Fsp3) is 0.375. The summed E-state index contributed by atoms with van der Waals surface area (Å²) in [5, 5.41) is 12.7. The first-order valence-electron chi connectivity index (χ1n) is 7.40. The molecule has 2 aromatic rings. The zero-order valence-corrected chi connectivity index (χ0v) is 13.7. The molecular weight excluding hydrogens is 339 g/mol. The van der Waals surface area contributed by atoms with E-state index in [1.165, 1.54) is 14.2 Å². The molecule has 0 atom stereocenters. The van der Waals surface area contributed by atoms with Crippen molar-refractivity contribution in [2.24, 2.45) is 7.05 Å². The van der Waals surface area contributed by atoms with Crippen molar-refractivity contribution >= 4 is 5.91 Å². The number of nitrogens with zero attached hydrogens (tertiary/aromatic N) is 3. The van der Waals surface area contributed by atoms with Gasteiger partial charge in [0.05, 0.1) is 19.9 Å². The number of benzene rings is 1. The standard InChI is InChI=1S/C16H18F3N3O3/c1-21-14(13(9-20-21)16(17,18)19)15(24)22(7-8-23)10-11-3-5-12(25-2)6-4-11/h3-6,9,23H,7-8,10H2,1-2H3. The lowest BCUT2D eigenvalue weighted by Gasteiger charge is -2.23. The molecule has 0 aliphatic rings. The number of amides is 1. The number of halogens is 3. The first kappa shape index (κ1) is 18.8. The highest BCUT2D eigenvalue weighted by atomic mass is 19.4. The van der Waals surface area contributed by atoms with Gasteiger partial charge in [0.25, 0.3) is 5.91 Å². The van der Waals surface area contributed by atoms with Gasteiger partial charge in [0, 0.05) is 20.1 Å². The number of rotatable bonds is 6. The Balaban J connectivity index is 2.30. The highest BCUT2D eigenvalue weighted by Crippen LogP contribution is 2.32. The summed E-state index contributed by atoms with van der Waals surface area (Å²) in [5.41, 5.74) is -0.967. The number of ether oxygens (including phenoxy) is 1. The number of hydrogen-bond acceptors (Lipinski definition) is 4. The Morgan fingerprint density at radius 1 is 1.32 bits per heavy atom. The Morgan fingerprint density at radius 3 is 2.48 bits per heavy atom. The van der Waals surface area contributed by atoms with Crippen molar-refractivity contribution in [1.29, 1.82) is 0 Å². The number of methoxy groups -OCH3 is 1. The van der Waals surface area contributed by atoms with E-state index in [1.54, 1.807) is 24.3 Å². The van der Waals surface area contributed by atoms with Crippen LogP contribution in [0.25, 0.3) is 0 Å². The molecule has 1 N–H and O–H groups in total. The zero-order valence-electron chi connectivity index (χ0n) is 13.7. The Kier molecular flexibility index (Phi) is 5.68. The number of aliphatic hydroxyl groups is 1. The Bertz CT molecular complexity index is 726. The maximum atomic E-state index is 13.1. The van der Waals surface area contributed by atoms with Gasteiger partial charge in [-0.3, -0.25) is 9.48 Å². The van der Waals surface area contributed by atoms with E-state index in [1.807, 2.05) is 0 Å². The number of carbonyl (C=O) groups is 1. The maximum absolute atomic E-state index is 13.1. The molecule has 0 aliphatic carbocycles. The second-order valence-electron chi connectivity index (χ2n) is 5.33. The third-order valence-electron chi connectivity index (χ3n) is 3.64. The van der Waals surface area contributed by atoms with Crippen LogP contribution in [0.4, 0.5) is 13.2 Å². The minimum Gasteiger partial charge on any atom is -0.497 e. The molecule has 0 saturated heterocycles. The van der Waals surface area contributed by atoms with Gasteiger partial charge in [0.1, 0.15) is 17.0 Å². The number of aryl methyl sites for hydroxylation is 1. The zero-order chi connectivity index (χ0) is 18.6. The van der Waals surface area contributed by atoms with Crippen LogP contribution in [-0.4, -0.2) is 46.0 Å². The van der Waals surface area contributed by atoms with Crippen LogP contribution in [0.1, 0.15) is 21.6 Å². The van der Waals surface area contributed by atoms with E-state index in [9.17, 15) is 23.1 Å². The molecule has 0 spiro atoms. The fourth-order valence-electron chi connectivity index (χ4n) is 2.37. The number of alkyl halides is 3. The van der Waals surface area contributed by atoms with Crippen molar-refractivity contribution in [2.45, 2.75) is 12.7 Å². The first-order chi connectivity index (χ1) is 11.8. The van der Waals surface area contributed by atoms with E-state index in [-0.39, 0.29) is 19.7 Å². The number of hydrogen-bond donors (Lipinski definition) is 1. The van der Waals surface area contributed by atoms with Crippen molar-refractivity contribution in [3.8, 4) is 5.75 Å². The average molecular weight is 357 g/mol. The predicted molar refractivity (Wildman–Crippen MR) is 83.0 cm³/mol. The van der Waals surface area contributed by atoms with E-state index in [2.05, 4.69) is 5.10 Å². The number of aliphatic hydroxyl groups excluding tert-OH is 1. The van der Waals surface area contributed by atoms with Gasteiger partial charge >= 0.3 is 6.18 Å². The van der Waals surface area contributed by atoms with Crippen LogP contribution in [-0.2, 0) is 19.8 Å². The molecule has 1 heterocycles. The van der Waals surface area contributed by atoms with Crippen molar-refractivity contribution < 1.29 is 27.8 Å². The Labute approximate surface area is 142 Å². The quantitative estimate of drug-likeness (QED) is 0.860. The monoisotopic (exact) mass is 357 g/mol. The molecule has 136 valence electrons. The lowest BCUT2D eigenvalue weighted by molar-refractivity contribution is -0.138. The summed E-state index contributed by atoms with van der Waals surface area (Å²) in [6, 6.07) is 6.76. The van der Waals surface area contributed by atoms with Crippen molar-refractivity contribution in [2.75, 3.05) is 20.3 Å². The molecule has 1 aromatic heterocycles. The third kappa shape index (κ3) is 4.30. The molecule has 0 radical (unpaired) electrons. The summed E-state index contributed by atoms with van der Waals surface area (Å²) in [7, 11) is 2.78. The van der Waals surface area contributed by atoms with Gasteiger partial charge in [-0.25, -0.2) is 0 Å². The first-order valence-corrected chi connectivity index (χ1v) is 7.40. The molecule has 0 aliphatic heterocycles. The molecule has 1 aromatic carbocycles. The Morgan fingerprint density at radius 2 is 1.96 bits per heavy atom. The van der Waals surface area contributed by atoms with Crippen molar-refractivity contribution in [1.82, 2.24) is 14.7 Å². The molecule has 0 saturated carbocycles. The number of carbonyl (C=O) groups excluding carboxylic acids is 1. The molecule has 25 heavy (non-hydrogen) atoms. The largest absolute Gasteiger partial charge is 0.497 e. The molecule has 0 fully saturated rings. The van der Waals surface area contributed by atoms with Gasteiger partial charge < -0.3 is 14.7 Å². The van der Waals surface area contributed by atoms with Crippen LogP contribution in [0.3, 0.4) is 0 Å². The van der Waals surface area contributed by atoms with Gasteiger partial charge in [-0.05, 0) is 17.7 Å². The minimum atomic E-state index is -4.69. The van der Waals surface area contributed by atoms with Crippen LogP contribution in [0.2, 0.25) is 0 Å². The molecule has 1 amide bonds. The third-order valence-corrected chi connectivity index (χ3v) is 3.64. The summed E-state index contributed by atoms with van der Waals surface area (Å²) in [4.78, 5) is 13.8. The highest BCUT2D eigenvalue weighted by Gasteiger charge is 2.39. The summed E-state index contributed by atoms with van der Waals surface area (Å²) < 4.78 is 45.2. The normalized spacial score (nSPS) is 11.4. The second kappa shape index (κ2) is 7.56. The van der Waals surface area contributed by atoms with Crippen LogP contribution < -0.4 is 4.74 Å². The van der Waals surface area contributed by atoms with E-state index >= 15 is 0 Å². The molecule has 6 nitrogen and oxygen atoms in total. The van der Waals surface area contributed by atoms with Gasteiger partial charge in [0.15, 0.2) is 0 Å². The molecule has 2 rings (SSSR count). The topological polar surface area (TPSA) is 67.6 Å². The van der Waals surface area contributed by atoms with E-state index in [4.69, 9.17) is 4.74 Å². The molecule has 0 bridgehead atoms. The van der Waals surface area contributed by atoms with Gasteiger partial charge in [-0.2, -0.15) is 18.3 Å². The van der Waals surface area contributed by atoms with Crippen LogP contribution in [0.5, 0.6) is 5.75 Å². The smallest absolute Gasteiger partial charge is 0.420 e. The van der Waals surface area contributed by atoms with Crippen molar-refractivity contribution in [3.63, 3.8) is 0 Å². The molecule has 9 heteroatoms. The van der Waals surface area contributed by atoms with Gasteiger partial charge in [0.2, 0.25) is 0 Å². The van der Waals surface area contributed by atoms with Gasteiger partial charge in [-0.15, -0.1) is 0 Å². The van der Waals surface area contributed by atoms with Crippen molar-refractivity contribution in [3.05, 3.63) is 47.3 Å². The van der Waals surface area contributed by atoms with Crippen LogP contribution in [0.15, 0.2) is 30.5 Å². The summed E-state index contributed by atoms with van der Waals surface area (Å²) >= 11 is 0. The fourth-order valence-corrected chi connectivity index (χ4v) is 2.37. The average Bonchev–Trinajstić information content (AvgIpc) is 2.96. The summed E-state index contributed by atoms with van der Waals surface area (Å²) in [6.45, 7) is -0.430. The number of aromatic nitrogens is 2.